The van der Waals surface area contributed by atoms with Gasteiger partial charge in [0.25, 0.3) is 0 Å². The van der Waals surface area contributed by atoms with Crippen molar-refractivity contribution in [3.05, 3.63) is 45.9 Å². The number of rotatable bonds is 2. The molecule has 0 aliphatic carbocycles. The van der Waals surface area contributed by atoms with Gasteiger partial charge in [-0.2, -0.15) is 0 Å². The number of nitrogens with zero attached hydrogens (tertiary/aromatic N) is 3. The highest BCUT2D eigenvalue weighted by Crippen LogP contribution is 2.17. The monoisotopic (exact) mass is 443 g/mol. The van der Waals surface area contributed by atoms with Crippen molar-refractivity contribution in [2.24, 2.45) is 5.92 Å². The lowest BCUT2D eigenvalue weighted by molar-refractivity contribution is -0.144. The van der Waals surface area contributed by atoms with Crippen LogP contribution in [0.25, 0.3) is 12.7 Å². The summed E-state index contributed by atoms with van der Waals surface area (Å²) in [6.07, 6.45) is 7.06. The van der Waals surface area contributed by atoms with Gasteiger partial charge in [0.2, 0.25) is 0 Å². The molecule has 0 radical (unpaired) electrons. The van der Waals surface area contributed by atoms with Crippen LogP contribution in [0, 0.1) is 12.8 Å². The minimum absolute atomic E-state index is 0.416. The van der Waals surface area contributed by atoms with E-state index in [0.717, 1.165) is 28.3 Å². The molecule has 0 bridgehead atoms. The minimum Gasteiger partial charge on any atom is -0.383 e. The van der Waals surface area contributed by atoms with Crippen LogP contribution in [-0.2, 0) is 9.59 Å². The number of piperidine rings is 1. The van der Waals surface area contributed by atoms with E-state index in [9.17, 15) is 9.59 Å². The number of nitrogens with two attached hydrogens (primary N) is 1. The Hall–Kier alpha value is -3.00. The highest BCUT2D eigenvalue weighted by atomic mass is 32.1. The molecule has 3 N–H and O–H groups in total. The summed E-state index contributed by atoms with van der Waals surface area (Å²) in [5, 5.41) is 3.50. The first-order valence-corrected chi connectivity index (χ1v) is 11.2. The Morgan fingerprint density at radius 1 is 1.35 bits per heavy atom. The Morgan fingerprint density at radius 2 is 2.06 bits per heavy atom. The number of amides is 2. The second-order valence-electron chi connectivity index (χ2n) is 6.94. The first-order valence-electron chi connectivity index (χ1n) is 10.4. The van der Waals surface area contributed by atoms with E-state index in [1.54, 1.807) is 40.8 Å². The average Bonchev–Trinajstić information content (AvgIpc) is 3.17. The molecule has 0 spiro atoms. The lowest BCUT2D eigenvalue weighted by atomic mass is 10.0. The van der Waals surface area contributed by atoms with E-state index in [0.29, 0.717) is 30.5 Å². The number of aromatic nitrogens is 2. The molecule has 3 heterocycles. The summed E-state index contributed by atoms with van der Waals surface area (Å²) in [6.45, 7) is 16.5. The molecule has 1 unspecified atom stereocenters. The summed E-state index contributed by atoms with van der Waals surface area (Å²) in [7, 11) is 0. The molecule has 2 amide bonds. The van der Waals surface area contributed by atoms with Crippen LogP contribution in [-0.4, -0.2) is 39.8 Å². The number of nitrogens with one attached hydrogen (secondary N) is 1. The Labute approximate surface area is 188 Å². The van der Waals surface area contributed by atoms with Gasteiger partial charge in [0, 0.05) is 17.6 Å². The first kappa shape index (κ1) is 26.0. The summed E-state index contributed by atoms with van der Waals surface area (Å²) < 4.78 is 0.995. The molecule has 2 aromatic heterocycles. The lowest BCUT2D eigenvalue weighted by Gasteiger charge is -2.30. The molecule has 7 nitrogen and oxygen atoms in total. The zero-order valence-corrected chi connectivity index (χ0v) is 19.7. The zero-order valence-electron chi connectivity index (χ0n) is 18.9. The number of anilines is 2. The fourth-order valence-electron chi connectivity index (χ4n) is 2.88. The number of carbonyl (C=O) groups is 2. The van der Waals surface area contributed by atoms with Crippen molar-refractivity contribution in [2.75, 3.05) is 24.1 Å². The molecule has 168 valence electrons. The Kier molecular flexibility index (Phi) is 11.2. The number of thiazole rings is 1. The predicted octanol–water partition coefficient (Wildman–Crippen LogP) is 2.72. The summed E-state index contributed by atoms with van der Waals surface area (Å²) in [5.74, 6) is -0.240. The third kappa shape index (κ3) is 8.33. The Morgan fingerprint density at radius 3 is 2.61 bits per heavy atom. The standard InChI is InChI=1S/C14H20N4O2.C7H7NS.C2H6/c1-9-4-3-5-18(8-9)14(20)13(19)17-11-6-10(2)12(15)16-7-11;1-3-4-7-6(2)9-5-8-7;1-2/h6-7,9H,3-5,8H2,1-2H3,(H2,15,16)(H,17,19);3-5H,1-2H2;1-2H3/b;7-4+;. The highest BCUT2D eigenvalue weighted by Gasteiger charge is 2.26. The molecule has 31 heavy (non-hydrogen) atoms. The molecule has 2 aromatic rings. The summed E-state index contributed by atoms with van der Waals surface area (Å²) in [6, 6.07) is 1.70. The molecule has 0 aromatic carbocycles. The van der Waals surface area contributed by atoms with Crippen LogP contribution in [0.2, 0.25) is 0 Å². The molecule has 1 atom stereocenters. The number of likely N-dealkylation sites (tertiary alicyclic amines) is 1. The van der Waals surface area contributed by atoms with Gasteiger partial charge in [-0.15, -0.1) is 11.3 Å². The fourth-order valence-corrected chi connectivity index (χ4v) is 3.42. The van der Waals surface area contributed by atoms with Crippen molar-refractivity contribution in [3.8, 4) is 0 Å². The third-order valence-corrected chi connectivity index (χ3v) is 5.17. The minimum atomic E-state index is -0.620. The van der Waals surface area contributed by atoms with Gasteiger partial charge in [0.15, 0.2) is 0 Å². The Balaban J connectivity index is 0.000000365. The van der Waals surface area contributed by atoms with Crippen molar-refractivity contribution >= 4 is 47.3 Å². The molecule has 1 saturated heterocycles. The van der Waals surface area contributed by atoms with E-state index in [1.165, 1.54) is 6.20 Å². The van der Waals surface area contributed by atoms with Gasteiger partial charge in [0.05, 0.1) is 22.7 Å². The van der Waals surface area contributed by atoms with Crippen molar-refractivity contribution in [2.45, 2.75) is 40.5 Å². The van der Waals surface area contributed by atoms with Gasteiger partial charge in [-0.3, -0.25) is 9.59 Å². The van der Waals surface area contributed by atoms with E-state index < -0.39 is 11.8 Å². The molecule has 3 rings (SSSR count). The molecule has 8 heteroatoms. The number of pyridine rings is 1. The largest absolute Gasteiger partial charge is 0.383 e. The SMILES string of the molecule is C=C/C=c1/ncsc1=C.CC.Cc1cc(NC(=O)C(=O)N2CCCC(C)C2)cnc1N. The average molecular weight is 444 g/mol. The van der Waals surface area contributed by atoms with Crippen LogP contribution in [0.15, 0.2) is 30.4 Å². The van der Waals surface area contributed by atoms with Crippen LogP contribution in [0.1, 0.15) is 39.2 Å². The maximum atomic E-state index is 12.1. The molecule has 1 fully saturated rings. The van der Waals surface area contributed by atoms with Gasteiger partial charge in [-0.1, -0.05) is 40.0 Å². The lowest BCUT2D eigenvalue weighted by Crippen LogP contribution is -2.44. The summed E-state index contributed by atoms with van der Waals surface area (Å²) >= 11 is 1.54. The maximum absolute atomic E-state index is 12.1. The predicted molar refractivity (Wildman–Crippen MR) is 130 cm³/mol. The van der Waals surface area contributed by atoms with E-state index in [-0.39, 0.29) is 0 Å². The number of nitrogen functional groups attached to an aromatic ring is 1. The van der Waals surface area contributed by atoms with Gasteiger partial charge in [-0.25, -0.2) is 9.97 Å². The molecular formula is C23H33N5O2S. The Bertz CT molecular complexity index is 986. The van der Waals surface area contributed by atoms with Crippen molar-refractivity contribution in [1.29, 1.82) is 0 Å². The van der Waals surface area contributed by atoms with Gasteiger partial charge in [-0.05, 0) is 43.4 Å². The maximum Gasteiger partial charge on any atom is 0.313 e. The number of carbonyl (C=O) groups excluding carboxylic acids is 2. The molecular weight excluding hydrogens is 410 g/mol. The van der Waals surface area contributed by atoms with Crippen LogP contribution in [0.5, 0.6) is 0 Å². The topological polar surface area (TPSA) is 101 Å². The first-order chi connectivity index (χ1) is 14.8. The van der Waals surface area contributed by atoms with Crippen LogP contribution >= 0.6 is 11.3 Å². The van der Waals surface area contributed by atoms with Gasteiger partial charge < -0.3 is 16.0 Å². The van der Waals surface area contributed by atoms with Crippen LogP contribution < -0.4 is 20.9 Å². The summed E-state index contributed by atoms with van der Waals surface area (Å²) in [5.41, 5.74) is 8.64. The zero-order chi connectivity index (χ0) is 23.4. The van der Waals surface area contributed by atoms with Crippen molar-refractivity contribution in [3.63, 3.8) is 0 Å². The number of hydrogen-bond donors (Lipinski definition) is 2. The molecule has 0 saturated carbocycles. The van der Waals surface area contributed by atoms with E-state index >= 15 is 0 Å². The fraction of sp³-hybridized carbons (Fsp3) is 0.391. The van der Waals surface area contributed by atoms with Gasteiger partial charge >= 0.3 is 11.8 Å². The number of allylic oxidation sites excluding steroid dienone is 1. The second-order valence-corrected chi connectivity index (χ2v) is 7.88. The normalized spacial score (nSPS) is 15.7. The molecule has 1 aliphatic rings. The quantitative estimate of drug-likeness (QED) is 0.695. The number of aryl methyl sites for hydroxylation is 1. The third-order valence-electron chi connectivity index (χ3n) is 4.46. The van der Waals surface area contributed by atoms with Crippen LogP contribution in [0.4, 0.5) is 11.5 Å². The molecule has 1 aliphatic heterocycles. The summed E-state index contributed by atoms with van der Waals surface area (Å²) in [4.78, 5) is 33.6. The van der Waals surface area contributed by atoms with Crippen molar-refractivity contribution < 1.29 is 9.59 Å². The van der Waals surface area contributed by atoms with E-state index in [4.69, 9.17) is 5.73 Å². The highest BCUT2D eigenvalue weighted by molar-refractivity contribution is 7.07. The second kappa shape index (κ2) is 13.3. The van der Waals surface area contributed by atoms with E-state index in [1.807, 2.05) is 19.9 Å². The van der Waals surface area contributed by atoms with E-state index in [2.05, 4.69) is 35.4 Å². The van der Waals surface area contributed by atoms with Gasteiger partial charge in [0.1, 0.15) is 5.82 Å². The van der Waals surface area contributed by atoms with Crippen molar-refractivity contribution in [1.82, 2.24) is 14.9 Å². The number of hydrogen-bond acceptors (Lipinski definition) is 6. The van der Waals surface area contributed by atoms with Crippen LogP contribution in [0.3, 0.4) is 0 Å². The smallest absolute Gasteiger partial charge is 0.313 e.